The molecule has 6 rings (SSSR count). The number of aryl methyl sites for hydroxylation is 1. The molecular formula is C33H30N2O2. The molecule has 0 fully saturated rings. The molecule has 4 aromatic carbocycles. The monoisotopic (exact) mass is 486 g/mol. The standard InChI is InChI=1S/C33H30N2O2/c1-22-11-13-24(14-12-22)26-19-30-32(31(36)20-26)33(35-29-10-6-5-9-28(29)34-30)25-15-17-27(18-16-25)37-21-23-7-3-2-4-8-23/h2-18,26,33-35H,19-21H2,1H3. The van der Waals surface area contributed by atoms with E-state index in [0.29, 0.717) is 13.0 Å². The van der Waals surface area contributed by atoms with Crippen LogP contribution in [0.3, 0.4) is 0 Å². The molecule has 1 heterocycles. The molecule has 0 spiro atoms. The highest BCUT2D eigenvalue weighted by Crippen LogP contribution is 2.44. The molecular weight excluding hydrogens is 456 g/mol. The number of ketones is 1. The normalized spacial score (nSPS) is 18.7. The van der Waals surface area contributed by atoms with Crippen molar-refractivity contribution in [2.24, 2.45) is 0 Å². The lowest BCUT2D eigenvalue weighted by Gasteiger charge is -2.30. The minimum Gasteiger partial charge on any atom is -0.489 e. The molecule has 1 aliphatic heterocycles. The van der Waals surface area contributed by atoms with Gasteiger partial charge in [0.2, 0.25) is 0 Å². The van der Waals surface area contributed by atoms with Gasteiger partial charge in [-0.2, -0.15) is 0 Å². The molecule has 0 aromatic heterocycles. The number of rotatable bonds is 5. The number of anilines is 2. The van der Waals surface area contributed by atoms with Crippen LogP contribution in [-0.4, -0.2) is 5.78 Å². The van der Waals surface area contributed by atoms with Crippen molar-refractivity contribution in [2.75, 3.05) is 10.6 Å². The molecule has 2 aliphatic rings. The number of ether oxygens (including phenoxy) is 1. The van der Waals surface area contributed by atoms with Crippen LogP contribution in [-0.2, 0) is 11.4 Å². The molecule has 0 amide bonds. The third-order valence-corrected chi connectivity index (χ3v) is 7.32. The molecule has 2 N–H and O–H groups in total. The van der Waals surface area contributed by atoms with Crippen molar-refractivity contribution in [3.8, 4) is 5.75 Å². The number of carbonyl (C=O) groups excluding carboxylic acids is 1. The van der Waals surface area contributed by atoms with Gasteiger partial charge in [-0.25, -0.2) is 0 Å². The second-order valence-electron chi connectivity index (χ2n) is 9.92. The smallest absolute Gasteiger partial charge is 0.163 e. The minimum absolute atomic E-state index is 0.166. The zero-order chi connectivity index (χ0) is 25.2. The third-order valence-electron chi connectivity index (χ3n) is 7.32. The van der Waals surface area contributed by atoms with Gasteiger partial charge >= 0.3 is 0 Å². The summed E-state index contributed by atoms with van der Waals surface area (Å²) in [6, 6.07) is 34.8. The summed E-state index contributed by atoms with van der Waals surface area (Å²) in [6.07, 6.45) is 1.31. The maximum absolute atomic E-state index is 13.7. The summed E-state index contributed by atoms with van der Waals surface area (Å²) in [7, 11) is 0. The van der Waals surface area contributed by atoms with E-state index in [1.54, 1.807) is 0 Å². The Morgan fingerprint density at radius 2 is 1.43 bits per heavy atom. The van der Waals surface area contributed by atoms with E-state index in [1.165, 1.54) is 11.1 Å². The Kier molecular flexibility index (Phi) is 6.23. The van der Waals surface area contributed by atoms with Crippen LogP contribution in [0.1, 0.15) is 47.1 Å². The fraction of sp³-hybridized carbons (Fsp3) is 0.182. The molecule has 0 saturated carbocycles. The number of hydrogen-bond donors (Lipinski definition) is 2. The first kappa shape index (κ1) is 23.1. The largest absolute Gasteiger partial charge is 0.489 e. The van der Waals surface area contributed by atoms with Gasteiger partial charge in [0.1, 0.15) is 12.4 Å². The summed E-state index contributed by atoms with van der Waals surface area (Å²) < 4.78 is 6.00. The van der Waals surface area contributed by atoms with Crippen molar-refractivity contribution >= 4 is 17.2 Å². The van der Waals surface area contributed by atoms with Gasteiger partial charge in [0, 0.05) is 17.7 Å². The van der Waals surface area contributed by atoms with E-state index in [2.05, 4.69) is 78.2 Å². The summed E-state index contributed by atoms with van der Waals surface area (Å²) in [6.45, 7) is 2.61. The Labute approximate surface area is 218 Å². The van der Waals surface area contributed by atoms with Gasteiger partial charge in [-0.15, -0.1) is 0 Å². The summed E-state index contributed by atoms with van der Waals surface area (Å²) in [5.41, 5.74) is 8.45. The fourth-order valence-electron chi connectivity index (χ4n) is 5.31. The van der Waals surface area contributed by atoms with Crippen molar-refractivity contribution in [3.05, 3.63) is 137 Å². The topological polar surface area (TPSA) is 50.4 Å². The van der Waals surface area contributed by atoms with E-state index in [1.807, 2.05) is 42.5 Å². The van der Waals surface area contributed by atoms with E-state index in [9.17, 15) is 4.79 Å². The van der Waals surface area contributed by atoms with Crippen LogP contribution in [0.25, 0.3) is 0 Å². The Morgan fingerprint density at radius 3 is 2.19 bits per heavy atom. The molecule has 0 radical (unpaired) electrons. The molecule has 2 unspecified atom stereocenters. The van der Waals surface area contributed by atoms with Gasteiger partial charge in [-0.1, -0.05) is 84.4 Å². The molecule has 2 atom stereocenters. The molecule has 4 nitrogen and oxygen atoms in total. The molecule has 1 aliphatic carbocycles. The Balaban J connectivity index is 1.31. The zero-order valence-electron chi connectivity index (χ0n) is 20.9. The van der Waals surface area contributed by atoms with E-state index in [0.717, 1.165) is 45.9 Å². The number of nitrogens with one attached hydrogen (secondary N) is 2. The van der Waals surface area contributed by atoms with Crippen molar-refractivity contribution in [1.29, 1.82) is 0 Å². The van der Waals surface area contributed by atoms with E-state index in [4.69, 9.17) is 4.74 Å². The number of allylic oxidation sites excluding steroid dienone is 1. The van der Waals surface area contributed by atoms with Crippen LogP contribution in [0.4, 0.5) is 11.4 Å². The summed E-state index contributed by atoms with van der Waals surface area (Å²) >= 11 is 0. The number of para-hydroxylation sites is 2. The highest BCUT2D eigenvalue weighted by Gasteiger charge is 2.36. The molecule has 4 aromatic rings. The second kappa shape index (κ2) is 9.98. The predicted octanol–water partition coefficient (Wildman–Crippen LogP) is 7.55. The van der Waals surface area contributed by atoms with Crippen molar-refractivity contribution in [3.63, 3.8) is 0 Å². The first-order chi connectivity index (χ1) is 18.1. The van der Waals surface area contributed by atoms with Crippen molar-refractivity contribution < 1.29 is 9.53 Å². The van der Waals surface area contributed by atoms with Crippen LogP contribution in [0.5, 0.6) is 5.75 Å². The van der Waals surface area contributed by atoms with E-state index < -0.39 is 0 Å². The Bertz CT molecular complexity index is 1440. The van der Waals surface area contributed by atoms with Gasteiger partial charge in [0.15, 0.2) is 5.78 Å². The SMILES string of the molecule is Cc1ccc(C2CC(=O)C3=C(C2)Nc2ccccc2NC3c2ccc(OCc3ccccc3)cc2)cc1. The third kappa shape index (κ3) is 4.88. The Hall–Kier alpha value is -4.31. The van der Waals surface area contributed by atoms with Crippen LogP contribution in [0, 0.1) is 6.92 Å². The maximum atomic E-state index is 13.7. The highest BCUT2D eigenvalue weighted by molar-refractivity contribution is 6.01. The number of hydrogen-bond acceptors (Lipinski definition) is 4. The first-order valence-electron chi connectivity index (χ1n) is 12.9. The average Bonchev–Trinajstić information content (AvgIpc) is 3.10. The lowest BCUT2D eigenvalue weighted by Crippen LogP contribution is -2.26. The van der Waals surface area contributed by atoms with Crippen LogP contribution >= 0.6 is 0 Å². The van der Waals surface area contributed by atoms with Crippen LogP contribution < -0.4 is 15.4 Å². The molecule has 184 valence electrons. The van der Waals surface area contributed by atoms with Gasteiger partial charge < -0.3 is 15.4 Å². The summed E-state index contributed by atoms with van der Waals surface area (Å²) in [5.74, 6) is 1.16. The second-order valence-corrected chi connectivity index (χ2v) is 9.92. The lowest BCUT2D eigenvalue weighted by molar-refractivity contribution is -0.116. The summed E-state index contributed by atoms with van der Waals surface area (Å²) in [4.78, 5) is 13.7. The quantitative estimate of drug-likeness (QED) is 0.306. The zero-order valence-corrected chi connectivity index (χ0v) is 20.9. The van der Waals surface area contributed by atoms with Gasteiger partial charge in [0.05, 0.1) is 17.4 Å². The fourth-order valence-corrected chi connectivity index (χ4v) is 5.31. The highest BCUT2D eigenvalue weighted by atomic mass is 16.5. The number of carbonyl (C=O) groups is 1. The summed E-state index contributed by atoms with van der Waals surface area (Å²) in [5, 5.41) is 7.29. The molecule has 4 heteroatoms. The number of Topliss-reactive ketones (excluding diaryl/α,β-unsaturated/α-hetero) is 1. The van der Waals surface area contributed by atoms with Gasteiger partial charge in [0.25, 0.3) is 0 Å². The molecule has 0 saturated heterocycles. The Morgan fingerprint density at radius 1 is 0.757 bits per heavy atom. The molecule has 37 heavy (non-hydrogen) atoms. The van der Waals surface area contributed by atoms with E-state index in [-0.39, 0.29) is 17.7 Å². The molecule has 0 bridgehead atoms. The van der Waals surface area contributed by atoms with Crippen molar-refractivity contribution in [1.82, 2.24) is 0 Å². The average molecular weight is 487 g/mol. The van der Waals surface area contributed by atoms with Crippen molar-refractivity contribution in [2.45, 2.75) is 38.3 Å². The number of fused-ring (bicyclic) bond motifs is 1. The first-order valence-corrected chi connectivity index (χ1v) is 12.9. The van der Waals surface area contributed by atoms with Gasteiger partial charge in [-0.05, 0) is 60.2 Å². The minimum atomic E-state index is -0.235. The van der Waals surface area contributed by atoms with Crippen LogP contribution in [0.2, 0.25) is 0 Å². The maximum Gasteiger partial charge on any atom is 0.163 e. The lowest BCUT2D eigenvalue weighted by atomic mass is 9.78. The predicted molar refractivity (Wildman–Crippen MR) is 149 cm³/mol. The van der Waals surface area contributed by atoms with E-state index >= 15 is 0 Å². The number of benzene rings is 4. The van der Waals surface area contributed by atoms with Gasteiger partial charge in [-0.3, -0.25) is 4.79 Å². The van der Waals surface area contributed by atoms with Crippen LogP contribution in [0.15, 0.2) is 114 Å².